The van der Waals surface area contributed by atoms with E-state index in [4.69, 9.17) is 10.5 Å². The first-order chi connectivity index (χ1) is 6.64. The van der Waals surface area contributed by atoms with E-state index in [1.54, 1.807) is 0 Å². The van der Waals surface area contributed by atoms with Gasteiger partial charge in [0.05, 0.1) is 6.61 Å². The van der Waals surface area contributed by atoms with Crippen LogP contribution in [0.15, 0.2) is 30.3 Å². The highest BCUT2D eigenvalue weighted by molar-refractivity contribution is 5.20. The molecule has 0 amide bonds. The highest BCUT2D eigenvalue weighted by Crippen LogP contribution is 2.21. The Labute approximate surface area is 86.1 Å². The Kier molecular flexibility index (Phi) is 3.96. The first-order valence-electron chi connectivity index (χ1n) is 5.02. The SMILES string of the molecule is CC(C)(CCN)COc1ccccc1. The van der Waals surface area contributed by atoms with Gasteiger partial charge in [-0.2, -0.15) is 0 Å². The second kappa shape index (κ2) is 5.01. The summed E-state index contributed by atoms with van der Waals surface area (Å²) in [4.78, 5) is 0. The molecule has 0 spiro atoms. The predicted molar refractivity (Wildman–Crippen MR) is 59.4 cm³/mol. The fraction of sp³-hybridized carbons (Fsp3) is 0.500. The van der Waals surface area contributed by atoms with E-state index < -0.39 is 0 Å². The number of hydrogen-bond donors (Lipinski definition) is 1. The molecule has 78 valence electrons. The fourth-order valence-corrected chi connectivity index (χ4v) is 1.26. The van der Waals surface area contributed by atoms with E-state index in [2.05, 4.69) is 13.8 Å². The minimum Gasteiger partial charge on any atom is -0.493 e. The van der Waals surface area contributed by atoms with Crippen molar-refractivity contribution >= 4 is 0 Å². The monoisotopic (exact) mass is 193 g/mol. The Morgan fingerprint density at radius 3 is 2.43 bits per heavy atom. The molecule has 0 unspecified atom stereocenters. The van der Waals surface area contributed by atoms with E-state index in [0.29, 0.717) is 13.2 Å². The summed E-state index contributed by atoms with van der Waals surface area (Å²) < 4.78 is 5.67. The van der Waals surface area contributed by atoms with Crippen LogP contribution in [0.25, 0.3) is 0 Å². The van der Waals surface area contributed by atoms with Gasteiger partial charge in [-0.05, 0) is 25.1 Å². The van der Waals surface area contributed by atoms with Crippen molar-refractivity contribution < 1.29 is 4.74 Å². The van der Waals surface area contributed by atoms with Crippen molar-refractivity contribution in [1.29, 1.82) is 0 Å². The van der Waals surface area contributed by atoms with Gasteiger partial charge in [-0.3, -0.25) is 0 Å². The van der Waals surface area contributed by atoms with Crippen molar-refractivity contribution in [3.05, 3.63) is 30.3 Å². The molecular formula is C12H19NO. The molecule has 0 aromatic heterocycles. The zero-order valence-corrected chi connectivity index (χ0v) is 8.99. The molecule has 2 nitrogen and oxygen atoms in total. The summed E-state index contributed by atoms with van der Waals surface area (Å²) in [5.74, 6) is 0.928. The summed E-state index contributed by atoms with van der Waals surface area (Å²) in [5, 5.41) is 0. The Balaban J connectivity index is 2.40. The molecular weight excluding hydrogens is 174 g/mol. The van der Waals surface area contributed by atoms with Crippen molar-refractivity contribution in [2.45, 2.75) is 20.3 Å². The molecule has 1 rings (SSSR count). The number of benzene rings is 1. The summed E-state index contributed by atoms with van der Waals surface area (Å²) in [7, 11) is 0. The van der Waals surface area contributed by atoms with E-state index in [1.807, 2.05) is 30.3 Å². The first kappa shape index (κ1) is 11.1. The lowest BCUT2D eigenvalue weighted by atomic mass is 9.91. The molecule has 14 heavy (non-hydrogen) atoms. The number of rotatable bonds is 5. The summed E-state index contributed by atoms with van der Waals surface area (Å²) >= 11 is 0. The fourth-order valence-electron chi connectivity index (χ4n) is 1.26. The van der Waals surface area contributed by atoms with Crippen molar-refractivity contribution in [1.82, 2.24) is 0 Å². The molecule has 2 N–H and O–H groups in total. The van der Waals surface area contributed by atoms with Gasteiger partial charge in [0.2, 0.25) is 0 Å². The molecule has 0 fully saturated rings. The quantitative estimate of drug-likeness (QED) is 0.779. The summed E-state index contributed by atoms with van der Waals surface area (Å²) in [5.41, 5.74) is 5.69. The Morgan fingerprint density at radius 2 is 1.86 bits per heavy atom. The molecule has 0 heterocycles. The lowest BCUT2D eigenvalue weighted by molar-refractivity contribution is 0.172. The van der Waals surface area contributed by atoms with Crippen LogP contribution >= 0.6 is 0 Å². The Morgan fingerprint density at radius 1 is 1.21 bits per heavy atom. The highest BCUT2D eigenvalue weighted by atomic mass is 16.5. The molecule has 0 atom stereocenters. The summed E-state index contributed by atoms with van der Waals surface area (Å²) in [6, 6.07) is 9.88. The minimum atomic E-state index is 0.157. The van der Waals surface area contributed by atoms with Gasteiger partial charge in [-0.15, -0.1) is 0 Å². The van der Waals surface area contributed by atoms with Crippen molar-refractivity contribution in [3.8, 4) is 5.75 Å². The smallest absolute Gasteiger partial charge is 0.119 e. The maximum Gasteiger partial charge on any atom is 0.119 e. The highest BCUT2D eigenvalue weighted by Gasteiger charge is 2.17. The van der Waals surface area contributed by atoms with Crippen LogP contribution in [0.2, 0.25) is 0 Å². The second-order valence-corrected chi connectivity index (χ2v) is 4.30. The molecule has 0 aliphatic heterocycles. The molecule has 0 radical (unpaired) electrons. The van der Waals surface area contributed by atoms with Crippen LogP contribution in [0.5, 0.6) is 5.75 Å². The van der Waals surface area contributed by atoms with Gasteiger partial charge in [-0.25, -0.2) is 0 Å². The Bertz CT molecular complexity index is 256. The molecule has 1 aromatic rings. The van der Waals surface area contributed by atoms with Gasteiger partial charge in [0.15, 0.2) is 0 Å². The molecule has 0 bridgehead atoms. The molecule has 0 aliphatic rings. The number of nitrogens with two attached hydrogens (primary N) is 1. The minimum absolute atomic E-state index is 0.157. The largest absolute Gasteiger partial charge is 0.493 e. The lowest BCUT2D eigenvalue weighted by Crippen LogP contribution is -2.24. The number of para-hydroxylation sites is 1. The van der Waals surface area contributed by atoms with E-state index in [-0.39, 0.29) is 5.41 Å². The molecule has 0 saturated carbocycles. The first-order valence-corrected chi connectivity index (χ1v) is 5.02. The number of hydrogen-bond acceptors (Lipinski definition) is 2. The third-order valence-corrected chi connectivity index (χ3v) is 2.19. The van der Waals surface area contributed by atoms with Crippen LogP contribution < -0.4 is 10.5 Å². The van der Waals surface area contributed by atoms with Crippen LogP contribution in [-0.2, 0) is 0 Å². The standard InChI is InChI=1S/C12H19NO/c1-12(2,8-9-13)10-14-11-6-4-3-5-7-11/h3-7H,8-10,13H2,1-2H3. The summed E-state index contributed by atoms with van der Waals surface area (Å²) in [6.45, 7) is 5.77. The van der Waals surface area contributed by atoms with Crippen LogP contribution in [-0.4, -0.2) is 13.2 Å². The topological polar surface area (TPSA) is 35.2 Å². The average molecular weight is 193 g/mol. The van der Waals surface area contributed by atoms with Crippen molar-refractivity contribution in [2.24, 2.45) is 11.1 Å². The molecule has 1 aromatic carbocycles. The third kappa shape index (κ3) is 3.79. The van der Waals surface area contributed by atoms with E-state index in [0.717, 1.165) is 12.2 Å². The normalized spacial score (nSPS) is 11.4. The third-order valence-electron chi connectivity index (χ3n) is 2.19. The maximum atomic E-state index is 5.67. The van der Waals surface area contributed by atoms with Gasteiger partial charge in [0.25, 0.3) is 0 Å². The predicted octanol–water partition coefficient (Wildman–Crippen LogP) is 2.44. The van der Waals surface area contributed by atoms with Crippen LogP contribution in [0.4, 0.5) is 0 Å². The summed E-state index contributed by atoms with van der Waals surface area (Å²) in [6.07, 6.45) is 0.986. The molecule has 2 heteroatoms. The van der Waals surface area contributed by atoms with Crippen LogP contribution in [0.1, 0.15) is 20.3 Å². The van der Waals surface area contributed by atoms with E-state index >= 15 is 0 Å². The van der Waals surface area contributed by atoms with Crippen LogP contribution in [0.3, 0.4) is 0 Å². The van der Waals surface area contributed by atoms with Crippen molar-refractivity contribution in [3.63, 3.8) is 0 Å². The van der Waals surface area contributed by atoms with E-state index in [1.165, 1.54) is 0 Å². The number of ether oxygens (including phenoxy) is 1. The van der Waals surface area contributed by atoms with Gasteiger partial charge < -0.3 is 10.5 Å². The van der Waals surface area contributed by atoms with Crippen molar-refractivity contribution in [2.75, 3.05) is 13.2 Å². The van der Waals surface area contributed by atoms with E-state index in [9.17, 15) is 0 Å². The lowest BCUT2D eigenvalue weighted by Gasteiger charge is -2.23. The average Bonchev–Trinajstić information content (AvgIpc) is 2.17. The second-order valence-electron chi connectivity index (χ2n) is 4.30. The van der Waals surface area contributed by atoms with Gasteiger partial charge in [-0.1, -0.05) is 32.0 Å². The molecule has 0 aliphatic carbocycles. The van der Waals surface area contributed by atoms with Gasteiger partial charge in [0.1, 0.15) is 5.75 Å². The Hall–Kier alpha value is -1.02. The van der Waals surface area contributed by atoms with Gasteiger partial charge in [0, 0.05) is 5.41 Å². The molecule has 0 saturated heterocycles. The zero-order valence-electron chi connectivity index (χ0n) is 8.99. The maximum absolute atomic E-state index is 5.67. The zero-order chi connectivity index (χ0) is 10.4. The van der Waals surface area contributed by atoms with Gasteiger partial charge >= 0.3 is 0 Å². The van der Waals surface area contributed by atoms with Crippen LogP contribution in [0, 0.1) is 5.41 Å².